The van der Waals surface area contributed by atoms with E-state index in [4.69, 9.17) is 4.74 Å². The van der Waals surface area contributed by atoms with Crippen molar-refractivity contribution >= 4 is 61.2 Å². The lowest BCUT2D eigenvalue weighted by molar-refractivity contribution is -0.114. The number of halogens is 2. The molecule has 0 saturated heterocycles. The van der Waals surface area contributed by atoms with Gasteiger partial charge in [0.25, 0.3) is 5.91 Å². The number of amides is 1. The monoisotopic (exact) mass is 522 g/mol. The van der Waals surface area contributed by atoms with Gasteiger partial charge >= 0.3 is 5.97 Å². The molecule has 0 spiro atoms. The Balaban J connectivity index is 2.03. The second-order valence-corrected chi connectivity index (χ2v) is 7.68. The van der Waals surface area contributed by atoms with Crippen LogP contribution < -0.4 is 9.75 Å². The fraction of sp³-hybridized carbons (Fsp3) is 0.150. The average Bonchev–Trinajstić information content (AvgIpc) is 2.98. The van der Waals surface area contributed by atoms with Crippen molar-refractivity contribution in [1.29, 1.82) is 0 Å². The normalized spacial score (nSPS) is 15.0. The number of benzene rings is 2. The summed E-state index contributed by atoms with van der Waals surface area (Å²) >= 11 is 6.73. The minimum atomic E-state index is -1.09. The molecule has 1 aliphatic rings. The number of carbonyl (C=O) groups excluding carboxylic acids is 1. The first-order valence-electron chi connectivity index (χ1n) is 8.53. The first-order chi connectivity index (χ1) is 13.7. The van der Waals surface area contributed by atoms with Crippen molar-refractivity contribution in [1.82, 2.24) is 0 Å². The Morgan fingerprint density at radius 1 is 1.28 bits per heavy atom. The molecule has 1 aliphatic heterocycles. The van der Waals surface area contributed by atoms with Crippen molar-refractivity contribution < 1.29 is 24.5 Å². The second-order valence-electron chi connectivity index (χ2n) is 6.09. The number of phenolic OH excluding ortho intramolecular Hbond substituents is 1. The summed E-state index contributed by atoms with van der Waals surface area (Å²) in [6, 6.07) is 7.63. The highest BCUT2D eigenvalue weighted by Crippen LogP contribution is 2.43. The number of carboxylic acid groups (broad SMARTS) is 1. The van der Waals surface area contributed by atoms with Gasteiger partial charge in [0.1, 0.15) is 0 Å². The molecular formula is C20H16Br2N2O5. The van der Waals surface area contributed by atoms with Crippen molar-refractivity contribution in [2.24, 2.45) is 5.10 Å². The van der Waals surface area contributed by atoms with Crippen LogP contribution in [0, 0.1) is 0 Å². The molecule has 2 N–H and O–H groups in total. The SMILES string of the molecule is CCOc1cc(/C=C2/C(=O)N(c3cccc(C(=O)O)c3)N=C2C)c(Br)c(Br)c1O. The van der Waals surface area contributed by atoms with E-state index in [1.807, 2.05) is 0 Å². The van der Waals surface area contributed by atoms with Crippen molar-refractivity contribution in [2.45, 2.75) is 13.8 Å². The Hall–Kier alpha value is -2.65. The summed E-state index contributed by atoms with van der Waals surface area (Å²) in [7, 11) is 0. The summed E-state index contributed by atoms with van der Waals surface area (Å²) in [6.45, 7) is 3.86. The number of hydrazone groups is 1. The topological polar surface area (TPSA) is 99.4 Å². The van der Waals surface area contributed by atoms with Crippen LogP contribution in [0.1, 0.15) is 29.8 Å². The molecule has 7 nitrogen and oxygen atoms in total. The van der Waals surface area contributed by atoms with E-state index >= 15 is 0 Å². The van der Waals surface area contributed by atoms with Gasteiger partial charge in [-0.3, -0.25) is 4.79 Å². The van der Waals surface area contributed by atoms with Gasteiger partial charge < -0.3 is 14.9 Å². The Morgan fingerprint density at radius 2 is 2.00 bits per heavy atom. The van der Waals surface area contributed by atoms with Gasteiger partial charge in [0.05, 0.1) is 33.6 Å². The lowest BCUT2D eigenvalue weighted by Crippen LogP contribution is -2.21. The fourth-order valence-electron chi connectivity index (χ4n) is 2.77. The summed E-state index contributed by atoms with van der Waals surface area (Å²) < 4.78 is 6.40. The third-order valence-electron chi connectivity index (χ3n) is 4.17. The molecule has 9 heteroatoms. The number of phenols is 1. The maximum atomic E-state index is 13.0. The van der Waals surface area contributed by atoms with Crippen LogP contribution >= 0.6 is 31.9 Å². The molecule has 0 aromatic heterocycles. The summed E-state index contributed by atoms with van der Waals surface area (Å²) in [5, 5.41) is 24.8. The number of aromatic carboxylic acids is 1. The zero-order valence-corrected chi connectivity index (χ0v) is 18.6. The van der Waals surface area contributed by atoms with Crippen LogP contribution in [0.4, 0.5) is 5.69 Å². The molecule has 0 unspecified atom stereocenters. The molecular weight excluding hydrogens is 508 g/mol. The van der Waals surface area contributed by atoms with E-state index in [0.717, 1.165) is 0 Å². The van der Waals surface area contributed by atoms with E-state index in [-0.39, 0.29) is 23.0 Å². The van der Waals surface area contributed by atoms with Gasteiger partial charge in [-0.15, -0.1) is 0 Å². The largest absolute Gasteiger partial charge is 0.503 e. The third-order valence-corrected chi connectivity index (χ3v) is 6.33. The predicted octanol–water partition coefficient (Wildman–Crippen LogP) is 4.82. The lowest BCUT2D eigenvalue weighted by Gasteiger charge is -2.13. The first-order valence-corrected chi connectivity index (χ1v) is 10.1. The number of rotatable bonds is 5. The van der Waals surface area contributed by atoms with Gasteiger partial charge in [-0.2, -0.15) is 10.1 Å². The highest BCUT2D eigenvalue weighted by molar-refractivity contribution is 9.13. The first kappa shape index (κ1) is 21.1. The van der Waals surface area contributed by atoms with Gasteiger partial charge in [-0.25, -0.2) is 4.79 Å². The number of nitrogens with zero attached hydrogens (tertiary/aromatic N) is 2. The zero-order valence-electron chi connectivity index (χ0n) is 15.4. The van der Waals surface area contributed by atoms with Crippen LogP contribution in [0.5, 0.6) is 11.5 Å². The summed E-state index contributed by atoms with van der Waals surface area (Å²) in [5.41, 5.74) is 1.85. The number of hydrogen-bond donors (Lipinski definition) is 2. The minimum absolute atomic E-state index is 0.0453. The second kappa shape index (κ2) is 8.38. The molecule has 0 bridgehead atoms. The van der Waals surface area contributed by atoms with Crippen LogP contribution in [0.25, 0.3) is 6.08 Å². The van der Waals surface area contributed by atoms with Crippen molar-refractivity contribution in [3.05, 3.63) is 56.0 Å². The minimum Gasteiger partial charge on any atom is -0.503 e. The van der Waals surface area contributed by atoms with Crippen molar-refractivity contribution in [3.8, 4) is 11.5 Å². The van der Waals surface area contributed by atoms with E-state index in [1.54, 1.807) is 38.1 Å². The number of carboxylic acids is 1. The molecule has 1 heterocycles. The van der Waals surface area contributed by atoms with Crippen molar-refractivity contribution in [2.75, 3.05) is 11.6 Å². The van der Waals surface area contributed by atoms with Gasteiger partial charge in [-0.05, 0) is 81.6 Å². The van der Waals surface area contributed by atoms with Crippen LogP contribution in [0.3, 0.4) is 0 Å². The van der Waals surface area contributed by atoms with Gasteiger partial charge in [0.2, 0.25) is 0 Å². The molecule has 1 amide bonds. The molecule has 3 rings (SSSR count). The number of ether oxygens (including phenoxy) is 1. The number of hydrogen-bond acceptors (Lipinski definition) is 5. The van der Waals surface area contributed by atoms with Crippen LogP contribution in [0.15, 0.2) is 50.0 Å². The fourth-order valence-corrected chi connectivity index (χ4v) is 3.61. The number of anilines is 1. The van der Waals surface area contributed by atoms with Crippen LogP contribution in [-0.2, 0) is 4.79 Å². The van der Waals surface area contributed by atoms with Crippen molar-refractivity contribution in [3.63, 3.8) is 0 Å². The highest BCUT2D eigenvalue weighted by atomic mass is 79.9. The quantitative estimate of drug-likeness (QED) is 0.547. The van der Waals surface area contributed by atoms with E-state index in [2.05, 4.69) is 37.0 Å². The van der Waals surface area contributed by atoms with Gasteiger partial charge in [-0.1, -0.05) is 6.07 Å². The maximum Gasteiger partial charge on any atom is 0.335 e. The van der Waals surface area contributed by atoms with Gasteiger partial charge in [0.15, 0.2) is 11.5 Å². The smallest absolute Gasteiger partial charge is 0.335 e. The molecule has 29 heavy (non-hydrogen) atoms. The Labute approximate surface area is 183 Å². The number of aromatic hydroxyl groups is 1. The molecule has 150 valence electrons. The highest BCUT2D eigenvalue weighted by Gasteiger charge is 2.29. The summed E-state index contributed by atoms with van der Waals surface area (Å²) in [5.74, 6) is -1.24. The lowest BCUT2D eigenvalue weighted by atomic mass is 10.1. The van der Waals surface area contributed by atoms with Gasteiger partial charge in [0, 0.05) is 4.47 Å². The average molecular weight is 524 g/mol. The molecule has 2 aromatic carbocycles. The Morgan fingerprint density at radius 3 is 2.66 bits per heavy atom. The zero-order chi connectivity index (χ0) is 21.3. The number of carbonyl (C=O) groups is 2. The molecule has 0 atom stereocenters. The molecule has 0 fully saturated rings. The third kappa shape index (κ3) is 4.06. The van der Waals surface area contributed by atoms with E-state index in [1.165, 1.54) is 17.1 Å². The van der Waals surface area contributed by atoms with E-state index in [0.29, 0.717) is 38.1 Å². The summed E-state index contributed by atoms with van der Waals surface area (Å²) in [6.07, 6.45) is 1.64. The molecule has 0 saturated carbocycles. The predicted molar refractivity (Wildman–Crippen MR) is 117 cm³/mol. The van der Waals surface area contributed by atoms with Crippen LogP contribution in [0.2, 0.25) is 0 Å². The van der Waals surface area contributed by atoms with E-state index in [9.17, 15) is 19.8 Å². The Bertz CT molecular complexity index is 1080. The molecule has 0 radical (unpaired) electrons. The van der Waals surface area contributed by atoms with E-state index < -0.39 is 5.97 Å². The Kier molecular flexibility index (Phi) is 6.09. The summed E-state index contributed by atoms with van der Waals surface area (Å²) in [4.78, 5) is 24.2. The standard InChI is InChI=1S/C20H16Br2N2O5/c1-3-29-15-9-12(16(21)17(22)18(15)25)8-14-10(2)23-24(19(14)26)13-6-4-5-11(7-13)20(27)28/h4-9,25H,3H2,1-2H3,(H,27,28)/b14-8+. The molecule has 2 aromatic rings. The molecule has 0 aliphatic carbocycles. The van der Waals surface area contributed by atoms with Crippen LogP contribution in [-0.4, -0.2) is 34.4 Å². The maximum absolute atomic E-state index is 13.0.